The van der Waals surface area contributed by atoms with Gasteiger partial charge in [0.25, 0.3) is 0 Å². The van der Waals surface area contributed by atoms with E-state index in [9.17, 15) is 9.90 Å². The molecular formula is C21H24Cl2N2O2. The van der Waals surface area contributed by atoms with Crippen LogP contribution in [0.25, 0.3) is 0 Å². The van der Waals surface area contributed by atoms with Crippen molar-refractivity contribution in [1.29, 1.82) is 0 Å². The third kappa shape index (κ3) is 4.57. The smallest absolute Gasteiger partial charge is 0.407 e. The van der Waals surface area contributed by atoms with E-state index in [1.807, 2.05) is 48.5 Å². The minimum Gasteiger partial charge on any atom is -0.465 e. The van der Waals surface area contributed by atoms with E-state index >= 15 is 0 Å². The van der Waals surface area contributed by atoms with Gasteiger partial charge >= 0.3 is 6.09 Å². The molecule has 1 unspecified atom stereocenters. The Kier molecular flexibility index (Phi) is 6.30. The highest BCUT2D eigenvalue weighted by atomic mass is 35.5. The summed E-state index contributed by atoms with van der Waals surface area (Å²) in [6.45, 7) is 5.96. The van der Waals surface area contributed by atoms with Gasteiger partial charge in [-0.1, -0.05) is 61.3 Å². The Hall–Kier alpha value is -1.75. The summed E-state index contributed by atoms with van der Waals surface area (Å²) >= 11 is 12.2. The first kappa shape index (κ1) is 20.0. The topological polar surface area (TPSA) is 43.8 Å². The zero-order valence-corrected chi connectivity index (χ0v) is 17.0. The third-order valence-electron chi connectivity index (χ3n) is 5.20. The maximum Gasteiger partial charge on any atom is 0.407 e. The Morgan fingerprint density at radius 2 is 1.44 bits per heavy atom. The van der Waals surface area contributed by atoms with Crippen LogP contribution in [0.3, 0.4) is 0 Å². The Bertz CT molecular complexity index is 732. The molecule has 27 heavy (non-hydrogen) atoms. The van der Waals surface area contributed by atoms with Crippen LogP contribution in [-0.4, -0.2) is 46.7 Å². The van der Waals surface area contributed by atoms with Crippen molar-refractivity contribution in [3.8, 4) is 0 Å². The quantitative estimate of drug-likeness (QED) is 0.738. The van der Waals surface area contributed by atoms with Crippen molar-refractivity contribution in [1.82, 2.24) is 9.80 Å². The standard InChI is InChI=1S/C21H24Cl2N2O2/c1-14(2)19-13-24(21(26)27)11-12-25(19)20(15-3-7-17(22)8-4-15)16-5-9-18(23)10-6-16/h3-10,14,19-20H,11-13H2,1-2H3,(H,26,27). The number of halogens is 2. The number of carbonyl (C=O) groups is 1. The molecule has 3 rings (SSSR count). The predicted molar refractivity (Wildman–Crippen MR) is 110 cm³/mol. The predicted octanol–water partition coefficient (Wildman–Crippen LogP) is 5.40. The summed E-state index contributed by atoms with van der Waals surface area (Å²) in [7, 11) is 0. The van der Waals surface area contributed by atoms with Gasteiger partial charge in [-0.15, -0.1) is 0 Å². The van der Waals surface area contributed by atoms with E-state index in [4.69, 9.17) is 23.2 Å². The van der Waals surface area contributed by atoms with Crippen molar-refractivity contribution in [3.05, 3.63) is 69.7 Å². The van der Waals surface area contributed by atoms with E-state index in [0.717, 1.165) is 11.1 Å². The number of carboxylic acid groups (broad SMARTS) is 1. The number of nitrogens with zero attached hydrogens (tertiary/aromatic N) is 2. The Balaban J connectivity index is 2.02. The fourth-order valence-electron chi connectivity index (χ4n) is 3.78. The van der Waals surface area contributed by atoms with Crippen LogP contribution in [0.1, 0.15) is 31.0 Å². The molecule has 144 valence electrons. The lowest BCUT2D eigenvalue weighted by Crippen LogP contribution is -2.57. The molecule has 2 aromatic rings. The molecule has 0 aliphatic carbocycles. The highest BCUT2D eigenvalue weighted by Gasteiger charge is 2.36. The molecule has 1 atom stereocenters. The van der Waals surface area contributed by atoms with Gasteiger partial charge in [0.1, 0.15) is 0 Å². The lowest BCUT2D eigenvalue weighted by molar-refractivity contribution is 0.0314. The molecule has 0 aromatic heterocycles. The van der Waals surface area contributed by atoms with Gasteiger partial charge in [-0.05, 0) is 41.3 Å². The van der Waals surface area contributed by atoms with Gasteiger partial charge in [-0.2, -0.15) is 0 Å². The van der Waals surface area contributed by atoms with Crippen LogP contribution < -0.4 is 0 Å². The Morgan fingerprint density at radius 3 is 1.85 bits per heavy atom. The van der Waals surface area contributed by atoms with Gasteiger partial charge in [0.05, 0.1) is 6.04 Å². The Labute approximate surface area is 170 Å². The van der Waals surface area contributed by atoms with E-state index in [1.165, 1.54) is 4.90 Å². The molecule has 1 aliphatic heterocycles. The summed E-state index contributed by atoms with van der Waals surface area (Å²) in [6.07, 6.45) is -0.852. The van der Waals surface area contributed by atoms with Crippen molar-refractivity contribution < 1.29 is 9.90 Å². The number of rotatable bonds is 4. The van der Waals surface area contributed by atoms with Crippen LogP contribution in [0.2, 0.25) is 10.0 Å². The Morgan fingerprint density at radius 1 is 0.963 bits per heavy atom. The van der Waals surface area contributed by atoms with E-state index < -0.39 is 6.09 Å². The summed E-state index contributed by atoms with van der Waals surface area (Å²) < 4.78 is 0. The molecule has 0 bridgehead atoms. The lowest BCUT2D eigenvalue weighted by atomic mass is 9.91. The van der Waals surface area contributed by atoms with E-state index in [1.54, 1.807) is 0 Å². The summed E-state index contributed by atoms with van der Waals surface area (Å²) in [5.41, 5.74) is 2.27. The fraction of sp³-hybridized carbons (Fsp3) is 0.381. The van der Waals surface area contributed by atoms with Crippen molar-refractivity contribution >= 4 is 29.3 Å². The first-order valence-electron chi connectivity index (χ1n) is 9.11. The van der Waals surface area contributed by atoms with Crippen LogP contribution in [0, 0.1) is 5.92 Å². The van der Waals surface area contributed by atoms with Gasteiger partial charge in [0.15, 0.2) is 0 Å². The zero-order chi connectivity index (χ0) is 19.6. The van der Waals surface area contributed by atoms with Crippen LogP contribution >= 0.6 is 23.2 Å². The summed E-state index contributed by atoms with van der Waals surface area (Å²) in [5.74, 6) is 0.314. The van der Waals surface area contributed by atoms with Crippen molar-refractivity contribution in [2.75, 3.05) is 19.6 Å². The average Bonchev–Trinajstić information content (AvgIpc) is 2.65. The second-order valence-corrected chi connectivity index (χ2v) is 8.16. The minimum absolute atomic E-state index is 0.0166. The molecule has 1 heterocycles. The SMILES string of the molecule is CC(C)C1CN(C(=O)O)CCN1C(c1ccc(Cl)cc1)c1ccc(Cl)cc1. The normalized spacial score (nSPS) is 18.3. The molecule has 1 fully saturated rings. The van der Waals surface area contributed by atoms with Gasteiger partial charge < -0.3 is 10.0 Å². The molecule has 4 nitrogen and oxygen atoms in total. The number of amides is 1. The van der Waals surface area contributed by atoms with Crippen molar-refractivity contribution in [2.24, 2.45) is 5.92 Å². The van der Waals surface area contributed by atoms with E-state index in [2.05, 4.69) is 18.7 Å². The molecular weight excluding hydrogens is 383 g/mol. The molecule has 1 amide bonds. The minimum atomic E-state index is -0.852. The van der Waals surface area contributed by atoms with Gasteiger partial charge in [-0.25, -0.2) is 4.79 Å². The van der Waals surface area contributed by atoms with Gasteiger partial charge in [0, 0.05) is 35.7 Å². The van der Waals surface area contributed by atoms with Crippen LogP contribution in [0.4, 0.5) is 4.79 Å². The maximum absolute atomic E-state index is 11.5. The van der Waals surface area contributed by atoms with Crippen LogP contribution in [-0.2, 0) is 0 Å². The first-order valence-corrected chi connectivity index (χ1v) is 9.87. The maximum atomic E-state index is 11.5. The molecule has 6 heteroatoms. The number of hydrogen-bond donors (Lipinski definition) is 1. The molecule has 0 radical (unpaired) electrons. The average molecular weight is 407 g/mol. The van der Waals surface area contributed by atoms with E-state index in [-0.39, 0.29) is 12.1 Å². The molecule has 1 saturated heterocycles. The second kappa shape index (κ2) is 8.51. The second-order valence-electron chi connectivity index (χ2n) is 7.28. The number of benzene rings is 2. The molecule has 2 aromatic carbocycles. The van der Waals surface area contributed by atoms with Crippen molar-refractivity contribution in [3.63, 3.8) is 0 Å². The summed E-state index contributed by atoms with van der Waals surface area (Å²) in [6, 6.07) is 15.9. The fourth-order valence-corrected chi connectivity index (χ4v) is 4.03. The molecule has 1 aliphatic rings. The highest BCUT2D eigenvalue weighted by molar-refractivity contribution is 6.30. The zero-order valence-electron chi connectivity index (χ0n) is 15.5. The molecule has 0 saturated carbocycles. The molecule has 0 spiro atoms. The monoisotopic (exact) mass is 406 g/mol. The largest absolute Gasteiger partial charge is 0.465 e. The van der Waals surface area contributed by atoms with E-state index in [0.29, 0.717) is 35.6 Å². The number of piperazine rings is 1. The first-order chi connectivity index (χ1) is 12.9. The third-order valence-corrected chi connectivity index (χ3v) is 5.71. The number of hydrogen-bond acceptors (Lipinski definition) is 2. The lowest BCUT2D eigenvalue weighted by Gasteiger charge is -2.46. The van der Waals surface area contributed by atoms with Gasteiger partial charge in [0.2, 0.25) is 0 Å². The van der Waals surface area contributed by atoms with Gasteiger partial charge in [-0.3, -0.25) is 4.90 Å². The molecule has 1 N–H and O–H groups in total. The highest BCUT2D eigenvalue weighted by Crippen LogP contribution is 2.35. The summed E-state index contributed by atoms with van der Waals surface area (Å²) in [4.78, 5) is 15.4. The van der Waals surface area contributed by atoms with Crippen molar-refractivity contribution in [2.45, 2.75) is 25.9 Å². The van der Waals surface area contributed by atoms with Crippen LogP contribution in [0.15, 0.2) is 48.5 Å². The summed E-state index contributed by atoms with van der Waals surface area (Å²) in [5, 5.41) is 10.8. The van der Waals surface area contributed by atoms with Crippen LogP contribution in [0.5, 0.6) is 0 Å².